The summed E-state index contributed by atoms with van der Waals surface area (Å²) in [5.74, 6) is 0.389. The van der Waals surface area contributed by atoms with Crippen LogP contribution >= 0.6 is 12.2 Å². The summed E-state index contributed by atoms with van der Waals surface area (Å²) >= 11 is 5.78. The fourth-order valence-electron chi connectivity index (χ4n) is 4.14. The van der Waals surface area contributed by atoms with E-state index >= 15 is 0 Å². The normalized spacial score (nSPS) is 18.1. The molecular weight excluding hydrogens is 474 g/mol. The van der Waals surface area contributed by atoms with E-state index in [1.165, 1.54) is 7.11 Å². The quantitative estimate of drug-likeness (QED) is 0.432. The molecule has 34 heavy (non-hydrogen) atoms. The molecule has 2 N–H and O–H groups in total. The van der Waals surface area contributed by atoms with Crippen molar-refractivity contribution in [3.05, 3.63) is 72.3 Å². The van der Waals surface area contributed by atoms with Crippen molar-refractivity contribution in [2.45, 2.75) is 18.6 Å². The fourth-order valence-corrected chi connectivity index (χ4v) is 5.05. The number of pyridine rings is 1. The maximum atomic E-state index is 11.8. The second-order valence-electron chi connectivity index (χ2n) is 7.87. The molecule has 1 aromatic carbocycles. The first-order valence-corrected chi connectivity index (χ1v) is 12.9. The zero-order valence-corrected chi connectivity index (χ0v) is 20.8. The van der Waals surface area contributed by atoms with Crippen molar-refractivity contribution in [3.63, 3.8) is 0 Å². The van der Waals surface area contributed by atoms with Gasteiger partial charge in [0.25, 0.3) is 0 Å². The average molecular weight is 502 g/mol. The molecule has 1 saturated heterocycles. The van der Waals surface area contributed by atoms with Gasteiger partial charge in [-0.15, -0.1) is 0 Å². The summed E-state index contributed by atoms with van der Waals surface area (Å²) in [4.78, 5) is 6.59. The Morgan fingerprint density at radius 3 is 2.68 bits per heavy atom. The highest BCUT2D eigenvalue weighted by atomic mass is 32.2. The minimum Gasteiger partial charge on any atom is -0.494 e. The molecule has 1 aliphatic rings. The van der Waals surface area contributed by atoms with Crippen LogP contribution in [-0.4, -0.2) is 50.2 Å². The number of hydrogen-bond acceptors (Lipinski definition) is 6. The number of nitrogens with zero attached hydrogens (tertiary/aromatic N) is 3. The summed E-state index contributed by atoms with van der Waals surface area (Å²) in [6.07, 6.45) is 4.88. The number of nitrogens with one attached hydrogen (secondary N) is 2. The van der Waals surface area contributed by atoms with Gasteiger partial charge in [0, 0.05) is 43.5 Å². The number of thiocarbonyl (C=S) groups is 1. The lowest BCUT2D eigenvalue weighted by Gasteiger charge is -2.29. The number of sulfonamides is 1. The molecule has 2 atom stereocenters. The number of aromatic nitrogens is 2. The van der Waals surface area contributed by atoms with Crippen molar-refractivity contribution < 1.29 is 17.9 Å². The van der Waals surface area contributed by atoms with E-state index in [9.17, 15) is 8.42 Å². The van der Waals surface area contributed by atoms with Gasteiger partial charge in [0.1, 0.15) is 11.8 Å². The van der Waals surface area contributed by atoms with Gasteiger partial charge in [-0.2, -0.15) is 0 Å². The second kappa shape index (κ2) is 10.00. The van der Waals surface area contributed by atoms with Crippen molar-refractivity contribution in [1.82, 2.24) is 14.9 Å². The minimum absolute atomic E-state index is 0.204. The molecule has 0 saturated carbocycles. The molecule has 2 aromatic heterocycles. The Balaban J connectivity index is 1.80. The third-order valence-corrected chi connectivity index (χ3v) is 6.47. The van der Waals surface area contributed by atoms with Gasteiger partial charge in [-0.3, -0.25) is 9.71 Å². The van der Waals surface area contributed by atoms with E-state index in [0.717, 1.165) is 23.3 Å². The Labute approximate surface area is 204 Å². The zero-order chi connectivity index (χ0) is 24.3. The first-order valence-electron chi connectivity index (χ1n) is 10.6. The summed E-state index contributed by atoms with van der Waals surface area (Å²) in [5.41, 5.74) is 3.01. The van der Waals surface area contributed by atoms with Gasteiger partial charge >= 0.3 is 0 Å². The van der Waals surface area contributed by atoms with Crippen LogP contribution in [0.5, 0.6) is 5.75 Å². The highest BCUT2D eigenvalue weighted by molar-refractivity contribution is 7.92. The Kier molecular flexibility index (Phi) is 7.05. The van der Waals surface area contributed by atoms with E-state index in [-0.39, 0.29) is 12.1 Å². The SMILES string of the molecule is COCCn1cccc1C1C(c2ccccn2)NC(=S)N1c1ccc(NS(C)(=O)=O)c(OC)c1. The molecule has 4 rings (SSSR count). The molecule has 0 radical (unpaired) electrons. The molecule has 3 aromatic rings. The van der Waals surface area contributed by atoms with E-state index in [1.807, 2.05) is 41.4 Å². The maximum Gasteiger partial charge on any atom is 0.229 e. The monoisotopic (exact) mass is 501 g/mol. The molecule has 9 nitrogen and oxygen atoms in total. The number of anilines is 2. The van der Waals surface area contributed by atoms with E-state index in [0.29, 0.717) is 29.7 Å². The Bertz CT molecular complexity index is 1260. The molecule has 11 heteroatoms. The summed E-state index contributed by atoms with van der Waals surface area (Å²) in [6.45, 7) is 1.26. The molecule has 0 amide bonds. The van der Waals surface area contributed by atoms with Gasteiger partial charge in [-0.1, -0.05) is 6.07 Å². The van der Waals surface area contributed by atoms with Crippen LogP contribution in [-0.2, 0) is 21.3 Å². The van der Waals surface area contributed by atoms with Crippen LogP contribution in [0.1, 0.15) is 23.5 Å². The van der Waals surface area contributed by atoms with Crippen LogP contribution in [0.4, 0.5) is 11.4 Å². The van der Waals surface area contributed by atoms with E-state index < -0.39 is 10.0 Å². The fraction of sp³-hybridized carbons (Fsp3) is 0.304. The lowest BCUT2D eigenvalue weighted by atomic mass is 10.0. The number of methoxy groups -OCH3 is 2. The summed E-state index contributed by atoms with van der Waals surface area (Å²) in [5, 5.41) is 3.96. The summed E-state index contributed by atoms with van der Waals surface area (Å²) in [7, 11) is -0.289. The van der Waals surface area contributed by atoms with Crippen LogP contribution in [0.3, 0.4) is 0 Å². The van der Waals surface area contributed by atoms with Crippen LogP contribution < -0.4 is 19.7 Å². The lowest BCUT2D eigenvalue weighted by Crippen LogP contribution is -2.30. The Morgan fingerprint density at radius 2 is 2.00 bits per heavy atom. The topological polar surface area (TPSA) is 97.7 Å². The predicted octanol–water partition coefficient (Wildman–Crippen LogP) is 3.09. The minimum atomic E-state index is -3.46. The summed E-state index contributed by atoms with van der Waals surface area (Å²) < 4.78 is 38.9. The Hall–Kier alpha value is -3.15. The summed E-state index contributed by atoms with van der Waals surface area (Å²) in [6, 6.07) is 14.7. The number of ether oxygens (including phenoxy) is 2. The first-order chi connectivity index (χ1) is 16.3. The number of rotatable bonds is 9. The number of hydrogen-bond donors (Lipinski definition) is 2. The smallest absolute Gasteiger partial charge is 0.229 e. The van der Waals surface area contributed by atoms with Gasteiger partial charge in [-0.25, -0.2) is 8.42 Å². The molecule has 0 aliphatic carbocycles. The standard InChI is InChI=1S/C23H27N5O4S2/c1-31-14-13-27-12-6-8-19(27)22-21(18-7-4-5-11-24-18)25-23(33)28(22)16-9-10-17(20(15-16)32-2)26-34(3,29)30/h4-12,15,21-22,26H,13-14H2,1-3H3,(H,25,33). The lowest BCUT2D eigenvalue weighted by molar-refractivity contribution is 0.186. The Morgan fingerprint density at radius 1 is 1.18 bits per heavy atom. The first kappa shape index (κ1) is 24.0. The molecule has 0 bridgehead atoms. The van der Waals surface area contributed by atoms with Crippen molar-refractivity contribution in [2.75, 3.05) is 36.7 Å². The van der Waals surface area contributed by atoms with Crippen LogP contribution in [0.25, 0.3) is 0 Å². The van der Waals surface area contributed by atoms with Gasteiger partial charge < -0.3 is 24.3 Å². The molecular formula is C23H27N5O4S2. The highest BCUT2D eigenvalue weighted by Gasteiger charge is 2.42. The second-order valence-corrected chi connectivity index (χ2v) is 10.0. The molecule has 3 heterocycles. The van der Waals surface area contributed by atoms with Crippen molar-refractivity contribution >= 4 is 38.7 Å². The van der Waals surface area contributed by atoms with E-state index in [4.69, 9.17) is 21.7 Å². The molecule has 2 unspecified atom stereocenters. The van der Waals surface area contributed by atoms with Crippen LogP contribution in [0.2, 0.25) is 0 Å². The zero-order valence-electron chi connectivity index (χ0n) is 19.1. The highest BCUT2D eigenvalue weighted by Crippen LogP contribution is 2.43. The molecule has 180 valence electrons. The van der Waals surface area contributed by atoms with Crippen molar-refractivity contribution in [3.8, 4) is 5.75 Å². The average Bonchev–Trinajstić information content (AvgIpc) is 3.41. The van der Waals surface area contributed by atoms with Crippen LogP contribution in [0, 0.1) is 0 Å². The van der Waals surface area contributed by atoms with E-state index in [2.05, 4.69) is 25.7 Å². The van der Waals surface area contributed by atoms with Crippen LogP contribution in [0.15, 0.2) is 60.9 Å². The third-order valence-electron chi connectivity index (χ3n) is 5.56. The van der Waals surface area contributed by atoms with Crippen molar-refractivity contribution in [1.29, 1.82) is 0 Å². The number of benzene rings is 1. The van der Waals surface area contributed by atoms with Gasteiger partial charge in [-0.05, 0) is 48.6 Å². The van der Waals surface area contributed by atoms with Gasteiger partial charge in [0.05, 0.1) is 37.4 Å². The third kappa shape index (κ3) is 5.01. The van der Waals surface area contributed by atoms with Gasteiger partial charge in [0.2, 0.25) is 10.0 Å². The van der Waals surface area contributed by atoms with Gasteiger partial charge in [0.15, 0.2) is 5.11 Å². The largest absolute Gasteiger partial charge is 0.494 e. The van der Waals surface area contributed by atoms with Crippen molar-refractivity contribution in [2.24, 2.45) is 0 Å². The molecule has 1 aliphatic heterocycles. The molecule has 1 fully saturated rings. The van der Waals surface area contributed by atoms with E-state index in [1.54, 1.807) is 25.4 Å². The molecule has 0 spiro atoms. The predicted molar refractivity (Wildman–Crippen MR) is 136 cm³/mol. The maximum absolute atomic E-state index is 11.8.